The fourth-order valence-corrected chi connectivity index (χ4v) is 3.93. The third-order valence-electron chi connectivity index (χ3n) is 5.57. The van der Waals surface area contributed by atoms with Gasteiger partial charge in [0.2, 0.25) is 5.95 Å². The lowest BCUT2D eigenvalue weighted by atomic mass is 9.92. The maximum Gasteiger partial charge on any atom is 0.222 e. The summed E-state index contributed by atoms with van der Waals surface area (Å²) < 4.78 is 7.53. The van der Waals surface area contributed by atoms with E-state index in [1.54, 1.807) is 20.2 Å². The smallest absolute Gasteiger partial charge is 0.222 e. The quantitative estimate of drug-likeness (QED) is 0.377. The summed E-state index contributed by atoms with van der Waals surface area (Å²) in [4.78, 5) is 13.5. The second kappa shape index (κ2) is 12.3. The Hall–Kier alpha value is -2.98. The molecule has 1 aliphatic rings. The highest BCUT2D eigenvalue weighted by Crippen LogP contribution is 2.29. The van der Waals surface area contributed by atoms with E-state index in [9.17, 15) is 0 Å². The summed E-state index contributed by atoms with van der Waals surface area (Å²) in [6, 6.07) is 2.11. The second-order valence-corrected chi connectivity index (χ2v) is 8.02. The number of nitrogen functional groups attached to an aromatic ring is 1. The summed E-state index contributed by atoms with van der Waals surface area (Å²) in [5, 5.41) is 18.9. The Kier molecular flexibility index (Phi) is 9.20. The van der Waals surface area contributed by atoms with Crippen LogP contribution >= 0.6 is 0 Å². The van der Waals surface area contributed by atoms with Crippen molar-refractivity contribution in [2.45, 2.75) is 52.0 Å². The minimum Gasteiger partial charge on any atom is -0.495 e. The van der Waals surface area contributed by atoms with Crippen LogP contribution in [0.5, 0.6) is 5.75 Å². The topological polar surface area (TPSA) is 136 Å². The molecule has 10 nitrogen and oxygen atoms in total. The molecule has 1 fully saturated rings. The number of nitrogens with zero attached hydrogens (tertiary/aromatic N) is 5. The second-order valence-electron chi connectivity index (χ2n) is 8.02. The molecule has 0 bridgehead atoms. The van der Waals surface area contributed by atoms with Crippen molar-refractivity contribution in [2.75, 3.05) is 44.4 Å². The molecule has 1 aliphatic heterocycles. The van der Waals surface area contributed by atoms with Crippen LogP contribution in [0.4, 0.5) is 11.8 Å². The number of pyridine rings is 1. The van der Waals surface area contributed by atoms with E-state index < -0.39 is 0 Å². The number of piperidine rings is 1. The summed E-state index contributed by atoms with van der Waals surface area (Å²) in [7, 11) is 1.69. The Morgan fingerprint density at radius 2 is 2.12 bits per heavy atom. The van der Waals surface area contributed by atoms with E-state index in [-0.39, 0.29) is 12.6 Å². The van der Waals surface area contributed by atoms with E-state index in [1.807, 2.05) is 10.9 Å². The van der Waals surface area contributed by atoms with Crippen molar-refractivity contribution in [1.82, 2.24) is 30.0 Å². The number of hydrogen-bond donors (Lipinski definition) is 4. The molecule has 10 heteroatoms. The Balaban J connectivity index is 0.000000968. The Morgan fingerprint density at radius 3 is 2.82 bits per heavy atom. The van der Waals surface area contributed by atoms with Crippen molar-refractivity contribution >= 4 is 22.8 Å². The number of aromatic nitrogens is 5. The number of aliphatic hydroxyl groups excluding tert-OH is 1. The van der Waals surface area contributed by atoms with Crippen molar-refractivity contribution in [3.05, 3.63) is 29.7 Å². The van der Waals surface area contributed by atoms with Gasteiger partial charge in [0, 0.05) is 25.9 Å². The van der Waals surface area contributed by atoms with Crippen LogP contribution in [-0.2, 0) is 6.54 Å². The number of fused-ring (bicyclic) bond motifs is 1. The Morgan fingerprint density at radius 1 is 1.30 bits per heavy atom. The minimum absolute atomic E-state index is 0.238. The van der Waals surface area contributed by atoms with Crippen LogP contribution in [-0.4, -0.2) is 63.2 Å². The van der Waals surface area contributed by atoms with Gasteiger partial charge in [-0.05, 0) is 50.3 Å². The predicted octanol–water partition coefficient (Wildman–Crippen LogP) is 2.54. The molecule has 0 saturated carbocycles. The van der Waals surface area contributed by atoms with Gasteiger partial charge in [0.25, 0.3) is 0 Å². The normalized spacial score (nSPS) is 15.7. The molecule has 5 N–H and O–H groups in total. The van der Waals surface area contributed by atoms with Crippen molar-refractivity contribution in [1.29, 1.82) is 0 Å². The van der Waals surface area contributed by atoms with E-state index in [0.717, 1.165) is 49.4 Å². The number of nitrogens with two attached hydrogens (primary N) is 1. The first kappa shape index (κ1) is 24.7. The monoisotopic (exact) mass is 456 g/mol. The average molecular weight is 457 g/mol. The molecule has 4 rings (SSSR count). The standard InChI is InChI=1S/C21H30N8O.C2H6O/c1-3-4-8-24-20-19-16(27-21(22)28-20)12-26-29(19)13-17-18(30-2)9-15(11-25-17)14-6-5-7-23-10-14;1-2-3/h9,11-12,14,23H,3-8,10,13H2,1-2H3,(H3,22,24,27,28);3H,2H2,1H3. The molecular weight excluding hydrogens is 420 g/mol. The molecule has 180 valence electrons. The lowest BCUT2D eigenvalue weighted by Gasteiger charge is -2.23. The number of hydrogen-bond acceptors (Lipinski definition) is 9. The zero-order valence-electron chi connectivity index (χ0n) is 19.8. The maximum atomic E-state index is 7.57. The highest BCUT2D eigenvalue weighted by atomic mass is 16.5. The van der Waals surface area contributed by atoms with Crippen LogP contribution < -0.4 is 21.1 Å². The van der Waals surface area contributed by atoms with Gasteiger partial charge in [0.15, 0.2) is 5.82 Å². The molecule has 0 amide bonds. The first-order valence-corrected chi connectivity index (χ1v) is 11.7. The number of ether oxygens (including phenoxy) is 1. The Bertz CT molecular complexity index is 1020. The van der Waals surface area contributed by atoms with Crippen molar-refractivity contribution < 1.29 is 9.84 Å². The van der Waals surface area contributed by atoms with Gasteiger partial charge in [-0.3, -0.25) is 9.67 Å². The lowest BCUT2D eigenvalue weighted by Crippen LogP contribution is -2.28. The molecule has 33 heavy (non-hydrogen) atoms. The maximum absolute atomic E-state index is 7.57. The van der Waals surface area contributed by atoms with Gasteiger partial charge in [-0.1, -0.05) is 13.3 Å². The van der Waals surface area contributed by atoms with Gasteiger partial charge in [0.05, 0.1) is 19.9 Å². The SMILES string of the molecule is CCCCNc1nc(N)nc2cnn(Cc3ncc(C4CCCNC4)cc3OC)c12.CCO. The third kappa shape index (κ3) is 6.29. The number of anilines is 2. The molecule has 1 atom stereocenters. The van der Waals surface area contributed by atoms with Crippen LogP contribution in [0.15, 0.2) is 18.5 Å². The van der Waals surface area contributed by atoms with Crippen molar-refractivity contribution in [3.63, 3.8) is 0 Å². The van der Waals surface area contributed by atoms with Crippen LogP contribution in [0.3, 0.4) is 0 Å². The lowest BCUT2D eigenvalue weighted by molar-refractivity contribution is 0.318. The van der Waals surface area contributed by atoms with Crippen LogP contribution in [0.1, 0.15) is 56.7 Å². The zero-order valence-corrected chi connectivity index (χ0v) is 19.8. The summed E-state index contributed by atoms with van der Waals surface area (Å²) in [5.41, 5.74) is 9.46. The largest absolute Gasteiger partial charge is 0.495 e. The first-order chi connectivity index (χ1) is 16.1. The van der Waals surface area contributed by atoms with Gasteiger partial charge in [0.1, 0.15) is 22.5 Å². The van der Waals surface area contributed by atoms with E-state index >= 15 is 0 Å². The molecule has 0 aliphatic carbocycles. The zero-order chi connectivity index (χ0) is 23.6. The summed E-state index contributed by atoms with van der Waals surface area (Å²) in [6.45, 7) is 7.44. The Labute approximate surface area is 195 Å². The molecule has 0 spiro atoms. The van der Waals surface area contributed by atoms with Gasteiger partial charge < -0.3 is 26.2 Å². The van der Waals surface area contributed by atoms with Crippen LogP contribution in [0, 0.1) is 0 Å². The van der Waals surface area contributed by atoms with Gasteiger partial charge >= 0.3 is 0 Å². The average Bonchev–Trinajstić information content (AvgIpc) is 3.23. The van der Waals surface area contributed by atoms with E-state index in [2.05, 4.69) is 38.7 Å². The van der Waals surface area contributed by atoms with E-state index in [4.69, 9.17) is 20.6 Å². The number of unbranched alkanes of at least 4 members (excludes halogenated alkanes) is 1. The minimum atomic E-state index is 0.238. The van der Waals surface area contributed by atoms with Crippen LogP contribution in [0.25, 0.3) is 11.0 Å². The molecule has 1 unspecified atom stereocenters. The van der Waals surface area contributed by atoms with Crippen molar-refractivity contribution in [2.24, 2.45) is 0 Å². The van der Waals surface area contributed by atoms with Gasteiger partial charge in [-0.25, -0.2) is 4.98 Å². The molecule has 3 aromatic heterocycles. The summed E-state index contributed by atoms with van der Waals surface area (Å²) in [5.74, 6) is 2.19. The number of methoxy groups -OCH3 is 1. The third-order valence-corrected chi connectivity index (χ3v) is 5.57. The van der Waals surface area contributed by atoms with E-state index in [1.165, 1.54) is 18.4 Å². The number of rotatable bonds is 8. The molecule has 4 heterocycles. The molecule has 1 saturated heterocycles. The fourth-order valence-electron chi connectivity index (χ4n) is 3.93. The highest BCUT2D eigenvalue weighted by Gasteiger charge is 2.19. The number of aliphatic hydroxyl groups is 1. The van der Waals surface area contributed by atoms with Crippen molar-refractivity contribution in [3.8, 4) is 5.75 Å². The fraction of sp³-hybridized carbons (Fsp3) is 0.565. The van der Waals surface area contributed by atoms with Crippen LogP contribution in [0.2, 0.25) is 0 Å². The highest BCUT2D eigenvalue weighted by molar-refractivity contribution is 5.86. The molecule has 3 aromatic rings. The summed E-state index contributed by atoms with van der Waals surface area (Å²) >= 11 is 0. The number of nitrogens with one attached hydrogen (secondary N) is 2. The summed E-state index contributed by atoms with van der Waals surface area (Å²) in [6.07, 6.45) is 8.19. The molecule has 0 aromatic carbocycles. The first-order valence-electron chi connectivity index (χ1n) is 11.7. The predicted molar refractivity (Wildman–Crippen MR) is 131 cm³/mol. The molecule has 0 radical (unpaired) electrons. The van der Waals surface area contributed by atoms with Gasteiger partial charge in [-0.15, -0.1) is 0 Å². The van der Waals surface area contributed by atoms with E-state index in [0.29, 0.717) is 23.8 Å². The van der Waals surface area contributed by atoms with Gasteiger partial charge in [-0.2, -0.15) is 10.1 Å². The molecular formula is C23H36N8O2.